The van der Waals surface area contributed by atoms with E-state index in [1.54, 1.807) is 14.2 Å². The van der Waals surface area contributed by atoms with Gasteiger partial charge in [0, 0.05) is 34.0 Å². The summed E-state index contributed by atoms with van der Waals surface area (Å²) in [5, 5.41) is 0. The van der Waals surface area contributed by atoms with Crippen molar-refractivity contribution >= 4 is 0 Å². The van der Waals surface area contributed by atoms with Gasteiger partial charge in [-0.3, -0.25) is 0 Å². The van der Waals surface area contributed by atoms with Gasteiger partial charge in [-0.05, 0) is 64.7 Å². The van der Waals surface area contributed by atoms with Crippen LogP contribution < -0.4 is 0 Å². The summed E-state index contributed by atoms with van der Waals surface area (Å²) in [6.07, 6.45) is 11.6. The van der Waals surface area contributed by atoms with E-state index in [0.29, 0.717) is 6.10 Å². The molecule has 5 heteroatoms. The molecule has 0 N–H and O–H groups in total. The fourth-order valence-electron chi connectivity index (χ4n) is 2.70. The highest BCUT2D eigenvalue weighted by molar-refractivity contribution is 4.56. The Morgan fingerprint density at radius 3 is 1.22 bits per heavy atom. The van der Waals surface area contributed by atoms with Gasteiger partial charge in [0.15, 0.2) is 12.6 Å². The molecule has 3 saturated heterocycles. The summed E-state index contributed by atoms with van der Waals surface area (Å²) in [7, 11) is 3.38. The van der Waals surface area contributed by atoms with Crippen LogP contribution >= 0.6 is 0 Å². The van der Waals surface area contributed by atoms with Crippen molar-refractivity contribution in [1.29, 1.82) is 0 Å². The van der Waals surface area contributed by atoms with Crippen molar-refractivity contribution in [3.63, 3.8) is 0 Å². The van der Waals surface area contributed by atoms with E-state index in [9.17, 15) is 0 Å². The molecule has 3 aliphatic rings. The highest BCUT2D eigenvalue weighted by atomic mass is 16.7. The molecule has 0 bridgehead atoms. The van der Waals surface area contributed by atoms with Crippen LogP contribution in [0, 0.1) is 0 Å². The maximum absolute atomic E-state index is 5.28. The molecular weight excluding hydrogens is 296 g/mol. The minimum atomic E-state index is 0.0868. The van der Waals surface area contributed by atoms with Crippen molar-refractivity contribution in [3.05, 3.63) is 0 Å². The summed E-state index contributed by atoms with van der Waals surface area (Å²) in [4.78, 5) is 0. The molecule has 0 unspecified atom stereocenters. The molecule has 3 rings (SSSR count). The third kappa shape index (κ3) is 11.1. The fraction of sp³-hybridized carbons (Fsp3) is 1.00. The minimum Gasteiger partial charge on any atom is -0.379 e. The number of hydrogen-bond acceptors (Lipinski definition) is 5. The maximum atomic E-state index is 5.28. The van der Waals surface area contributed by atoms with E-state index in [2.05, 4.69) is 6.92 Å². The second-order valence-electron chi connectivity index (χ2n) is 6.24. The first-order valence-corrected chi connectivity index (χ1v) is 9.16. The third-order valence-electron chi connectivity index (χ3n) is 4.21. The molecule has 23 heavy (non-hydrogen) atoms. The second-order valence-corrected chi connectivity index (χ2v) is 6.24. The Hall–Kier alpha value is -0.200. The van der Waals surface area contributed by atoms with Gasteiger partial charge in [-0.15, -0.1) is 0 Å². The second kappa shape index (κ2) is 14.2. The van der Waals surface area contributed by atoms with Crippen LogP contribution in [0.15, 0.2) is 0 Å². The predicted molar refractivity (Wildman–Crippen MR) is 90.5 cm³/mol. The summed E-state index contributed by atoms with van der Waals surface area (Å²) in [6.45, 7) is 4.87. The lowest BCUT2D eigenvalue weighted by Gasteiger charge is -2.20. The van der Waals surface area contributed by atoms with Crippen LogP contribution in [0.3, 0.4) is 0 Å². The van der Waals surface area contributed by atoms with Crippen molar-refractivity contribution in [2.75, 3.05) is 34.0 Å². The summed E-state index contributed by atoms with van der Waals surface area (Å²) < 4.78 is 25.6. The highest BCUT2D eigenvalue weighted by Crippen LogP contribution is 2.12. The maximum Gasteiger partial charge on any atom is 0.157 e. The topological polar surface area (TPSA) is 46.2 Å². The number of ether oxygens (including phenoxy) is 5. The van der Waals surface area contributed by atoms with Gasteiger partial charge in [-0.25, -0.2) is 0 Å². The van der Waals surface area contributed by atoms with Crippen LogP contribution in [0.1, 0.15) is 64.7 Å². The van der Waals surface area contributed by atoms with E-state index in [4.69, 9.17) is 23.7 Å². The molecule has 3 aliphatic heterocycles. The number of methoxy groups -OCH3 is 2. The molecular formula is C18H36O5. The minimum absolute atomic E-state index is 0.0868. The molecule has 0 aliphatic carbocycles. The zero-order valence-electron chi connectivity index (χ0n) is 15.3. The molecule has 0 aromatic carbocycles. The average molecular weight is 332 g/mol. The lowest BCUT2D eigenvalue weighted by molar-refractivity contribution is -0.145. The van der Waals surface area contributed by atoms with Crippen molar-refractivity contribution in [1.82, 2.24) is 0 Å². The largest absolute Gasteiger partial charge is 0.379 e. The van der Waals surface area contributed by atoms with Gasteiger partial charge in [0.2, 0.25) is 0 Å². The average Bonchev–Trinajstić information content (AvgIpc) is 2.65. The van der Waals surface area contributed by atoms with Crippen molar-refractivity contribution in [2.24, 2.45) is 0 Å². The van der Waals surface area contributed by atoms with E-state index in [-0.39, 0.29) is 12.6 Å². The molecule has 0 aromatic heterocycles. The number of hydrogen-bond donors (Lipinski definition) is 0. The van der Waals surface area contributed by atoms with E-state index in [1.165, 1.54) is 44.9 Å². The Kier molecular flexibility index (Phi) is 12.8. The van der Waals surface area contributed by atoms with Gasteiger partial charge in [-0.2, -0.15) is 0 Å². The zero-order chi connectivity index (χ0) is 16.8. The Morgan fingerprint density at radius 1 is 0.609 bits per heavy atom. The predicted octanol–water partition coefficient (Wildman–Crippen LogP) is 3.89. The first-order chi connectivity index (χ1) is 11.3. The first-order valence-electron chi connectivity index (χ1n) is 9.16. The molecule has 0 aromatic rings. The zero-order valence-corrected chi connectivity index (χ0v) is 15.3. The summed E-state index contributed by atoms with van der Waals surface area (Å²) in [5.41, 5.74) is 0. The smallest absolute Gasteiger partial charge is 0.157 e. The third-order valence-corrected chi connectivity index (χ3v) is 4.21. The molecule has 138 valence electrons. The monoisotopic (exact) mass is 332 g/mol. The van der Waals surface area contributed by atoms with E-state index in [0.717, 1.165) is 32.7 Å². The first kappa shape index (κ1) is 20.8. The lowest BCUT2D eigenvalue weighted by Crippen LogP contribution is -2.20. The van der Waals surface area contributed by atoms with Crippen LogP contribution in [0.5, 0.6) is 0 Å². The van der Waals surface area contributed by atoms with E-state index in [1.807, 2.05) is 0 Å². The highest BCUT2D eigenvalue weighted by Gasteiger charge is 2.11. The quantitative estimate of drug-likeness (QED) is 0.767. The molecule has 0 saturated carbocycles. The van der Waals surface area contributed by atoms with Crippen LogP contribution in [-0.4, -0.2) is 52.7 Å². The molecule has 3 fully saturated rings. The standard InChI is InChI=1S/2C6H12O2.C6H12O/c2*1-7-6-4-2-3-5-8-6;1-6-4-2-3-5-7-6/h2*6H,2-5H2,1H3;6H,2-5H2,1H3/t3*6-/m110/s1. The van der Waals surface area contributed by atoms with Gasteiger partial charge in [0.05, 0.1) is 6.10 Å². The van der Waals surface area contributed by atoms with Gasteiger partial charge >= 0.3 is 0 Å². The van der Waals surface area contributed by atoms with Crippen LogP contribution in [-0.2, 0) is 23.7 Å². The van der Waals surface area contributed by atoms with Crippen molar-refractivity contribution in [2.45, 2.75) is 83.4 Å². The Balaban J connectivity index is 0.000000173. The van der Waals surface area contributed by atoms with Crippen LogP contribution in [0.25, 0.3) is 0 Å². The Morgan fingerprint density at radius 2 is 1.04 bits per heavy atom. The molecule has 0 radical (unpaired) electrons. The summed E-state index contributed by atoms with van der Waals surface area (Å²) in [6, 6.07) is 0. The van der Waals surface area contributed by atoms with E-state index >= 15 is 0 Å². The Bertz CT molecular complexity index is 226. The summed E-state index contributed by atoms with van der Waals surface area (Å²) >= 11 is 0. The van der Waals surface area contributed by atoms with E-state index < -0.39 is 0 Å². The van der Waals surface area contributed by atoms with Gasteiger partial charge in [0.25, 0.3) is 0 Å². The van der Waals surface area contributed by atoms with Gasteiger partial charge in [-0.1, -0.05) is 0 Å². The molecule has 0 amide bonds. The SMILES string of the molecule is CO[C@H]1CCCCO1.CO[C@H]1CCCCO1.C[C@H]1CCCCO1. The van der Waals surface area contributed by atoms with Crippen LogP contribution in [0.4, 0.5) is 0 Å². The normalized spacial score (nSPS) is 31.2. The molecule has 3 heterocycles. The Labute approximate surface area is 142 Å². The van der Waals surface area contributed by atoms with Gasteiger partial charge in [0.1, 0.15) is 0 Å². The molecule has 3 atom stereocenters. The van der Waals surface area contributed by atoms with Crippen LogP contribution in [0.2, 0.25) is 0 Å². The summed E-state index contributed by atoms with van der Waals surface area (Å²) in [5.74, 6) is 0. The number of rotatable bonds is 2. The van der Waals surface area contributed by atoms with Gasteiger partial charge < -0.3 is 23.7 Å². The molecule has 5 nitrogen and oxygen atoms in total. The fourth-order valence-corrected chi connectivity index (χ4v) is 2.70. The molecule has 0 spiro atoms. The van der Waals surface area contributed by atoms with Crippen molar-refractivity contribution < 1.29 is 23.7 Å². The van der Waals surface area contributed by atoms with Crippen molar-refractivity contribution in [3.8, 4) is 0 Å². The lowest BCUT2D eigenvalue weighted by atomic mass is 10.1.